The minimum absolute atomic E-state index is 0.470. The van der Waals surface area contributed by atoms with Crippen molar-refractivity contribution in [2.24, 2.45) is 17.6 Å². The molecular formula is C28H39N3. The van der Waals surface area contributed by atoms with Gasteiger partial charge in [0.2, 0.25) is 0 Å². The Bertz CT molecular complexity index is 772. The predicted octanol–water partition coefficient (Wildman–Crippen LogP) is 6.06. The van der Waals surface area contributed by atoms with Crippen LogP contribution in [0.4, 0.5) is 0 Å². The summed E-state index contributed by atoms with van der Waals surface area (Å²) in [5.41, 5.74) is 8.75. The maximum atomic E-state index is 6.11. The van der Waals surface area contributed by atoms with E-state index in [0.29, 0.717) is 12.1 Å². The molecule has 2 aliphatic rings. The van der Waals surface area contributed by atoms with Gasteiger partial charge in [-0.2, -0.15) is 0 Å². The summed E-state index contributed by atoms with van der Waals surface area (Å²) < 4.78 is 0. The molecule has 1 heterocycles. The van der Waals surface area contributed by atoms with E-state index in [-0.39, 0.29) is 0 Å². The minimum atomic E-state index is 0.470. The van der Waals surface area contributed by atoms with Crippen LogP contribution in [0, 0.1) is 11.8 Å². The monoisotopic (exact) mass is 417 g/mol. The van der Waals surface area contributed by atoms with Crippen LogP contribution < -0.4 is 5.73 Å². The first-order valence-corrected chi connectivity index (χ1v) is 12.4. The molecule has 0 amide bonds. The predicted molar refractivity (Wildman–Crippen MR) is 130 cm³/mol. The molecule has 166 valence electrons. The average Bonchev–Trinajstić information content (AvgIpc) is 2.82. The lowest BCUT2D eigenvalue weighted by Gasteiger charge is -2.38. The van der Waals surface area contributed by atoms with Gasteiger partial charge in [-0.05, 0) is 92.9 Å². The Morgan fingerprint density at radius 3 is 2.16 bits per heavy atom. The number of hydrogen-bond donors (Lipinski definition) is 1. The molecule has 2 fully saturated rings. The Morgan fingerprint density at radius 2 is 1.48 bits per heavy atom. The van der Waals surface area contributed by atoms with E-state index < -0.39 is 0 Å². The summed E-state index contributed by atoms with van der Waals surface area (Å²) in [4.78, 5) is 6.88. The number of hydrogen-bond acceptors (Lipinski definition) is 3. The van der Waals surface area contributed by atoms with E-state index >= 15 is 0 Å². The quantitative estimate of drug-likeness (QED) is 0.567. The van der Waals surface area contributed by atoms with E-state index in [9.17, 15) is 0 Å². The minimum Gasteiger partial charge on any atom is -0.328 e. The molecule has 0 aliphatic heterocycles. The van der Waals surface area contributed by atoms with Crippen LogP contribution in [0.15, 0.2) is 60.9 Å². The summed E-state index contributed by atoms with van der Waals surface area (Å²) in [5, 5.41) is 0. The zero-order valence-electron chi connectivity index (χ0n) is 18.9. The topological polar surface area (TPSA) is 42.1 Å². The van der Waals surface area contributed by atoms with E-state index in [1.165, 1.54) is 68.9 Å². The van der Waals surface area contributed by atoms with Gasteiger partial charge in [-0.15, -0.1) is 0 Å². The Labute approximate surface area is 188 Å². The van der Waals surface area contributed by atoms with Crippen molar-refractivity contribution in [1.29, 1.82) is 0 Å². The molecule has 1 aromatic carbocycles. The molecule has 31 heavy (non-hydrogen) atoms. The molecule has 1 aromatic heterocycles. The molecule has 0 bridgehead atoms. The molecule has 3 nitrogen and oxygen atoms in total. The van der Waals surface area contributed by atoms with E-state index in [2.05, 4.69) is 64.5 Å². The van der Waals surface area contributed by atoms with Crippen molar-refractivity contribution in [3.05, 3.63) is 72.1 Å². The van der Waals surface area contributed by atoms with Gasteiger partial charge in [0, 0.05) is 37.6 Å². The molecule has 3 heteroatoms. The fourth-order valence-corrected chi connectivity index (χ4v) is 5.59. The third-order valence-electron chi connectivity index (χ3n) is 7.48. The number of nitrogens with zero attached hydrogens (tertiary/aromatic N) is 2. The van der Waals surface area contributed by atoms with E-state index in [1.807, 2.05) is 12.4 Å². The lowest BCUT2D eigenvalue weighted by molar-refractivity contribution is 0.129. The lowest BCUT2D eigenvalue weighted by Crippen LogP contribution is -2.38. The second-order valence-electron chi connectivity index (χ2n) is 9.79. The molecule has 0 unspecified atom stereocenters. The zero-order chi connectivity index (χ0) is 21.3. The second kappa shape index (κ2) is 11.6. The Balaban J connectivity index is 1.32. The molecular weight excluding hydrogens is 378 g/mol. The Hall–Kier alpha value is -1.97. The van der Waals surface area contributed by atoms with Crippen molar-refractivity contribution in [1.82, 2.24) is 9.88 Å². The fraction of sp³-hybridized carbons (Fsp3) is 0.536. The van der Waals surface area contributed by atoms with Gasteiger partial charge in [0.05, 0.1) is 0 Å². The van der Waals surface area contributed by atoms with Crippen LogP contribution in [-0.4, -0.2) is 28.5 Å². The summed E-state index contributed by atoms with van der Waals surface area (Å²) in [6.45, 7) is 2.02. The molecule has 0 radical (unpaired) electrons. The maximum Gasteiger partial charge on any atom is 0.0271 e. The van der Waals surface area contributed by atoms with Crippen molar-refractivity contribution in [3.63, 3.8) is 0 Å². The summed E-state index contributed by atoms with van der Waals surface area (Å²) in [6, 6.07) is 16.1. The number of benzene rings is 1. The van der Waals surface area contributed by atoms with Crippen LogP contribution in [0.25, 0.3) is 6.08 Å². The standard InChI is InChI=1S/C28H39N3/c29-27-12-8-24(9-13-27)21-25-10-14-28(15-11-25)31(22-26-16-18-30-19-17-26)20-4-7-23-5-2-1-3-6-23/h1-7,16-19,24-25,27-28H,8-15,20-22,29H2. The highest BCUT2D eigenvalue weighted by Crippen LogP contribution is 2.36. The highest BCUT2D eigenvalue weighted by molar-refractivity contribution is 5.48. The van der Waals surface area contributed by atoms with Crippen molar-refractivity contribution in [2.45, 2.75) is 76.4 Å². The van der Waals surface area contributed by atoms with Crippen LogP contribution in [0.3, 0.4) is 0 Å². The van der Waals surface area contributed by atoms with Crippen LogP contribution in [0.2, 0.25) is 0 Å². The van der Waals surface area contributed by atoms with Crippen LogP contribution in [-0.2, 0) is 6.54 Å². The third kappa shape index (κ3) is 7.02. The molecule has 0 atom stereocenters. The highest BCUT2D eigenvalue weighted by Gasteiger charge is 2.28. The lowest BCUT2D eigenvalue weighted by atomic mass is 9.75. The molecule has 0 spiro atoms. The summed E-state index contributed by atoms with van der Waals surface area (Å²) in [5.74, 6) is 1.86. The van der Waals surface area contributed by atoms with Gasteiger partial charge in [-0.3, -0.25) is 9.88 Å². The first kappa shape index (κ1) is 22.2. The maximum absolute atomic E-state index is 6.11. The molecule has 2 N–H and O–H groups in total. The van der Waals surface area contributed by atoms with Crippen LogP contribution in [0.1, 0.15) is 68.9 Å². The fourth-order valence-electron chi connectivity index (χ4n) is 5.59. The Morgan fingerprint density at radius 1 is 0.839 bits per heavy atom. The van der Waals surface area contributed by atoms with Gasteiger partial charge in [-0.25, -0.2) is 0 Å². The molecule has 0 saturated heterocycles. The molecule has 2 aromatic rings. The third-order valence-corrected chi connectivity index (χ3v) is 7.48. The molecule has 2 aliphatic carbocycles. The van der Waals surface area contributed by atoms with E-state index in [4.69, 9.17) is 5.73 Å². The number of pyridine rings is 1. The first-order chi connectivity index (χ1) is 15.3. The van der Waals surface area contributed by atoms with Gasteiger partial charge < -0.3 is 5.73 Å². The largest absolute Gasteiger partial charge is 0.328 e. The summed E-state index contributed by atoms with van der Waals surface area (Å²) >= 11 is 0. The van der Waals surface area contributed by atoms with Gasteiger partial charge in [-0.1, -0.05) is 42.5 Å². The number of rotatable bonds is 8. The van der Waals surface area contributed by atoms with Crippen LogP contribution in [0.5, 0.6) is 0 Å². The highest BCUT2D eigenvalue weighted by atomic mass is 15.1. The first-order valence-electron chi connectivity index (χ1n) is 12.4. The van der Waals surface area contributed by atoms with E-state index in [0.717, 1.165) is 24.9 Å². The van der Waals surface area contributed by atoms with Crippen molar-refractivity contribution in [2.75, 3.05) is 6.54 Å². The van der Waals surface area contributed by atoms with Gasteiger partial charge in [0.25, 0.3) is 0 Å². The van der Waals surface area contributed by atoms with Gasteiger partial charge in [0.1, 0.15) is 0 Å². The molecule has 4 rings (SSSR count). The summed E-state index contributed by atoms with van der Waals surface area (Å²) in [7, 11) is 0. The van der Waals surface area contributed by atoms with Gasteiger partial charge >= 0.3 is 0 Å². The van der Waals surface area contributed by atoms with Crippen molar-refractivity contribution >= 4 is 6.08 Å². The smallest absolute Gasteiger partial charge is 0.0271 e. The van der Waals surface area contributed by atoms with Crippen molar-refractivity contribution in [3.8, 4) is 0 Å². The van der Waals surface area contributed by atoms with E-state index in [1.54, 1.807) is 0 Å². The number of aromatic nitrogens is 1. The summed E-state index contributed by atoms with van der Waals surface area (Å²) in [6.07, 6.45) is 20.5. The second-order valence-corrected chi connectivity index (χ2v) is 9.79. The van der Waals surface area contributed by atoms with Crippen LogP contribution >= 0.6 is 0 Å². The van der Waals surface area contributed by atoms with Crippen molar-refractivity contribution < 1.29 is 0 Å². The normalized spacial score (nSPS) is 27.0. The zero-order valence-corrected chi connectivity index (χ0v) is 18.9. The molecule has 2 saturated carbocycles. The Kier molecular flexibility index (Phi) is 8.31. The average molecular weight is 418 g/mol. The van der Waals surface area contributed by atoms with Gasteiger partial charge in [0.15, 0.2) is 0 Å². The number of nitrogens with two attached hydrogens (primary N) is 1. The SMILES string of the molecule is NC1CCC(CC2CCC(N(CC=Cc3ccccc3)Cc3ccncc3)CC2)CC1.